The topological polar surface area (TPSA) is 57.2 Å². The van der Waals surface area contributed by atoms with E-state index < -0.39 is 0 Å². The largest absolute Gasteiger partial charge is 0.504 e. The van der Waals surface area contributed by atoms with Gasteiger partial charge >= 0.3 is 0 Å². The lowest BCUT2D eigenvalue weighted by Crippen LogP contribution is -1.97. The SMILES string of the molecule is C.C=C(c1ccc(OC)c(O)c1)c1cc(OC)c(OC)c(OC)c1.CC. The Balaban J connectivity index is 0.00000201. The van der Waals surface area contributed by atoms with Gasteiger partial charge in [-0.3, -0.25) is 0 Å². The number of aromatic hydroxyl groups is 1. The molecule has 0 spiro atoms. The summed E-state index contributed by atoms with van der Waals surface area (Å²) in [6, 6.07) is 8.73. The molecule has 0 aliphatic rings. The quantitative estimate of drug-likeness (QED) is 0.770. The lowest BCUT2D eigenvalue weighted by Gasteiger charge is -2.15. The van der Waals surface area contributed by atoms with Crippen molar-refractivity contribution in [3.05, 3.63) is 48.0 Å². The fraction of sp³-hybridized carbons (Fsp3) is 0.333. The molecule has 0 amide bonds. The normalized spacial score (nSPS) is 9.15. The summed E-state index contributed by atoms with van der Waals surface area (Å²) in [4.78, 5) is 0. The van der Waals surface area contributed by atoms with Crippen molar-refractivity contribution in [1.29, 1.82) is 0 Å². The van der Waals surface area contributed by atoms with Crippen LogP contribution in [-0.4, -0.2) is 33.5 Å². The maximum Gasteiger partial charge on any atom is 0.203 e. The van der Waals surface area contributed by atoms with Gasteiger partial charge in [-0.2, -0.15) is 0 Å². The molecule has 0 saturated heterocycles. The molecule has 0 radical (unpaired) electrons. The van der Waals surface area contributed by atoms with E-state index in [4.69, 9.17) is 18.9 Å². The monoisotopic (exact) mass is 362 g/mol. The first kappa shape index (κ1) is 23.2. The van der Waals surface area contributed by atoms with Gasteiger partial charge in [-0.25, -0.2) is 0 Å². The van der Waals surface area contributed by atoms with Crippen LogP contribution < -0.4 is 18.9 Å². The van der Waals surface area contributed by atoms with Gasteiger partial charge in [-0.05, 0) is 41.0 Å². The third-order valence-electron chi connectivity index (χ3n) is 3.54. The third kappa shape index (κ3) is 4.85. The molecule has 1 N–H and O–H groups in total. The fourth-order valence-corrected chi connectivity index (χ4v) is 2.30. The molecule has 0 aliphatic carbocycles. The predicted octanol–water partition coefficient (Wildman–Crippen LogP) is 5.15. The van der Waals surface area contributed by atoms with Crippen molar-refractivity contribution in [3.63, 3.8) is 0 Å². The standard InChI is InChI=1S/C18H20O5.C2H6.CH4/c1-11(12-6-7-15(20-2)14(19)8-12)13-9-16(21-3)18(23-5)17(10-13)22-4;1-2;/h6-10,19H,1H2,2-5H3;1-2H3;1H4. The Morgan fingerprint density at radius 2 is 1.27 bits per heavy atom. The van der Waals surface area contributed by atoms with E-state index in [9.17, 15) is 5.11 Å². The lowest BCUT2D eigenvalue weighted by molar-refractivity contribution is 0.324. The maximum atomic E-state index is 9.94. The Hall–Kier alpha value is -2.82. The summed E-state index contributed by atoms with van der Waals surface area (Å²) in [7, 11) is 6.17. The molecule has 2 rings (SSSR count). The van der Waals surface area contributed by atoms with Gasteiger partial charge in [0.05, 0.1) is 28.4 Å². The van der Waals surface area contributed by atoms with E-state index in [1.54, 1.807) is 33.5 Å². The fourth-order valence-electron chi connectivity index (χ4n) is 2.30. The van der Waals surface area contributed by atoms with Gasteiger partial charge in [0.1, 0.15) is 0 Å². The zero-order chi connectivity index (χ0) is 19.0. The summed E-state index contributed by atoms with van der Waals surface area (Å²) >= 11 is 0. The Labute approximate surface area is 156 Å². The van der Waals surface area contributed by atoms with Gasteiger partial charge in [-0.15, -0.1) is 0 Å². The Kier molecular flexibility index (Phi) is 9.74. The molecule has 5 nitrogen and oxygen atoms in total. The molecule has 0 unspecified atom stereocenters. The maximum absolute atomic E-state index is 9.94. The summed E-state index contributed by atoms with van der Waals surface area (Å²) in [5.41, 5.74) is 2.27. The molecule has 2 aromatic rings. The summed E-state index contributed by atoms with van der Waals surface area (Å²) in [6.45, 7) is 8.09. The van der Waals surface area contributed by atoms with Crippen molar-refractivity contribution in [3.8, 4) is 28.7 Å². The highest BCUT2D eigenvalue weighted by Gasteiger charge is 2.16. The van der Waals surface area contributed by atoms with Crippen molar-refractivity contribution in [1.82, 2.24) is 0 Å². The zero-order valence-corrected chi connectivity index (χ0v) is 15.7. The van der Waals surface area contributed by atoms with Gasteiger partial charge in [-0.1, -0.05) is 33.9 Å². The molecule has 0 atom stereocenters. The Morgan fingerprint density at radius 3 is 1.65 bits per heavy atom. The van der Waals surface area contributed by atoms with Gasteiger partial charge in [0, 0.05) is 0 Å². The minimum atomic E-state index is 0. The number of phenols is 1. The highest BCUT2D eigenvalue weighted by Crippen LogP contribution is 2.41. The average molecular weight is 362 g/mol. The number of phenolic OH excluding ortho intramolecular Hbond substituents is 1. The molecule has 0 bridgehead atoms. The van der Waals surface area contributed by atoms with Crippen LogP contribution in [0.3, 0.4) is 0 Å². The van der Waals surface area contributed by atoms with Crippen LogP contribution >= 0.6 is 0 Å². The summed E-state index contributed by atoms with van der Waals surface area (Å²) in [6.07, 6.45) is 0. The predicted molar refractivity (Wildman–Crippen MR) is 107 cm³/mol. The number of rotatable bonds is 6. The molecule has 0 aliphatic heterocycles. The Morgan fingerprint density at radius 1 is 0.769 bits per heavy atom. The van der Waals surface area contributed by atoms with Crippen LogP contribution in [0.4, 0.5) is 0 Å². The van der Waals surface area contributed by atoms with Gasteiger partial charge < -0.3 is 24.1 Å². The highest BCUT2D eigenvalue weighted by atomic mass is 16.5. The molecule has 144 valence electrons. The van der Waals surface area contributed by atoms with Crippen LogP contribution in [0, 0.1) is 0 Å². The summed E-state index contributed by atoms with van der Waals surface area (Å²) < 4.78 is 21.1. The molecule has 0 saturated carbocycles. The van der Waals surface area contributed by atoms with E-state index in [1.807, 2.05) is 32.0 Å². The molecule has 5 heteroatoms. The molecule has 2 aromatic carbocycles. The third-order valence-corrected chi connectivity index (χ3v) is 3.54. The smallest absolute Gasteiger partial charge is 0.203 e. The van der Waals surface area contributed by atoms with E-state index in [-0.39, 0.29) is 13.2 Å². The van der Waals surface area contributed by atoms with Crippen molar-refractivity contribution in [2.45, 2.75) is 21.3 Å². The minimum Gasteiger partial charge on any atom is -0.504 e. The highest BCUT2D eigenvalue weighted by molar-refractivity contribution is 5.81. The first-order valence-electron chi connectivity index (χ1n) is 7.92. The van der Waals surface area contributed by atoms with Crippen LogP contribution in [0.2, 0.25) is 0 Å². The molecular formula is C21H30O5. The zero-order valence-electron chi connectivity index (χ0n) is 15.7. The summed E-state index contributed by atoms with van der Waals surface area (Å²) in [5, 5.41) is 9.94. The van der Waals surface area contributed by atoms with Crippen LogP contribution in [-0.2, 0) is 0 Å². The van der Waals surface area contributed by atoms with E-state index >= 15 is 0 Å². The van der Waals surface area contributed by atoms with E-state index in [0.717, 1.165) is 11.1 Å². The second-order valence-corrected chi connectivity index (χ2v) is 4.78. The average Bonchev–Trinajstić information content (AvgIpc) is 2.67. The second-order valence-electron chi connectivity index (χ2n) is 4.78. The van der Waals surface area contributed by atoms with Crippen molar-refractivity contribution < 1.29 is 24.1 Å². The number of hydrogen-bond donors (Lipinski definition) is 1. The van der Waals surface area contributed by atoms with E-state index in [1.165, 1.54) is 7.11 Å². The van der Waals surface area contributed by atoms with E-state index in [2.05, 4.69) is 6.58 Å². The molecule has 0 fully saturated rings. The number of ether oxygens (including phenoxy) is 4. The molecule has 0 heterocycles. The first-order valence-corrected chi connectivity index (χ1v) is 7.92. The molecular weight excluding hydrogens is 332 g/mol. The van der Waals surface area contributed by atoms with Crippen molar-refractivity contribution >= 4 is 5.57 Å². The van der Waals surface area contributed by atoms with Crippen molar-refractivity contribution in [2.75, 3.05) is 28.4 Å². The van der Waals surface area contributed by atoms with E-state index in [0.29, 0.717) is 28.6 Å². The summed E-state index contributed by atoms with van der Waals surface area (Å²) in [5.74, 6) is 2.07. The van der Waals surface area contributed by atoms with Gasteiger partial charge in [0.2, 0.25) is 5.75 Å². The van der Waals surface area contributed by atoms with Crippen LogP contribution in [0.25, 0.3) is 5.57 Å². The number of benzene rings is 2. The molecule has 0 aromatic heterocycles. The number of methoxy groups -OCH3 is 4. The van der Waals surface area contributed by atoms with Gasteiger partial charge in [0.25, 0.3) is 0 Å². The van der Waals surface area contributed by atoms with Gasteiger partial charge in [0.15, 0.2) is 23.0 Å². The Bertz CT molecular complexity index is 697. The van der Waals surface area contributed by atoms with Crippen LogP contribution in [0.1, 0.15) is 32.4 Å². The minimum absolute atomic E-state index is 0. The first-order chi connectivity index (χ1) is 12.0. The van der Waals surface area contributed by atoms with Crippen LogP contribution in [0.5, 0.6) is 28.7 Å². The second kappa shape index (κ2) is 10.9. The molecule has 26 heavy (non-hydrogen) atoms. The lowest BCUT2D eigenvalue weighted by atomic mass is 9.98. The number of hydrogen-bond acceptors (Lipinski definition) is 5. The van der Waals surface area contributed by atoms with Crippen LogP contribution in [0.15, 0.2) is 36.9 Å². The van der Waals surface area contributed by atoms with Crippen molar-refractivity contribution in [2.24, 2.45) is 0 Å².